The van der Waals surface area contributed by atoms with Gasteiger partial charge in [0, 0.05) is 0 Å². The minimum absolute atomic E-state index is 0.0664. The van der Waals surface area contributed by atoms with Gasteiger partial charge in [-0.15, -0.1) is 9.52 Å². The largest absolute Gasteiger partial charge is 0.481 e. The quantitative estimate of drug-likeness (QED) is 0.554. The standard InChI is InChI=1S/C5H8N4O2S3/c10-4(11)1-14-9-3-13-5-6-8(12)2-7(5)9/h12H,1-3H2,(H,10,11). The highest BCUT2D eigenvalue weighted by atomic mass is 32.2. The Balaban J connectivity index is 1.91. The van der Waals surface area contributed by atoms with Gasteiger partial charge in [0.05, 0.1) is 5.88 Å². The fourth-order valence-corrected chi connectivity index (χ4v) is 3.18. The molecule has 0 atom stereocenters. The highest BCUT2D eigenvalue weighted by Crippen LogP contribution is 2.32. The number of hydrogen-bond acceptors (Lipinski definition) is 8. The summed E-state index contributed by atoms with van der Waals surface area (Å²) in [5.74, 6) is -0.0118. The van der Waals surface area contributed by atoms with E-state index in [-0.39, 0.29) is 5.75 Å². The monoisotopic (exact) mass is 252 g/mol. The average Bonchev–Trinajstić information content (AvgIpc) is 2.60. The summed E-state index contributed by atoms with van der Waals surface area (Å²) in [4.78, 5) is 10.4. The number of amidine groups is 1. The second-order valence-electron chi connectivity index (χ2n) is 2.59. The number of carbonyl (C=O) groups is 1. The Bertz CT molecular complexity index is 286. The highest BCUT2D eigenvalue weighted by molar-refractivity contribution is 8.14. The summed E-state index contributed by atoms with van der Waals surface area (Å²) in [6, 6.07) is 0. The van der Waals surface area contributed by atoms with Crippen LogP contribution in [0.2, 0.25) is 0 Å². The lowest BCUT2D eigenvalue weighted by atomic mass is 10.8. The Labute approximate surface area is 94.9 Å². The van der Waals surface area contributed by atoms with Crippen molar-refractivity contribution in [2.75, 3.05) is 18.3 Å². The number of thiol groups is 1. The third kappa shape index (κ3) is 2.05. The van der Waals surface area contributed by atoms with Gasteiger partial charge < -0.3 is 5.11 Å². The molecule has 2 aliphatic rings. The SMILES string of the molecule is O=C(O)CSN1CSC2=NN(S)CN21. The van der Waals surface area contributed by atoms with E-state index >= 15 is 0 Å². The zero-order valence-corrected chi connectivity index (χ0v) is 9.56. The van der Waals surface area contributed by atoms with Crippen LogP contribution in [0.3, 0.4) is 0 Å². The zero-order valence-electron chi connectivity index (χ0n) is 7.03. The summed E-state index contributed by atoms with van der Waals surface area (Å²) in [6.45, 7) is 0.568. The molecule has 1 saturated heterocycles. The zero-order chi connectivity index (χ0) is 10.1. The Morgan fingerprint density at radius 1 is 1.79 bits per heavy atom. The Morgan fingerprint density at radius 3 is 3.29 bits per heavy atom. The molecule has 0 aromatic rings. The molecule has 0 aliphatic carbocycles. The van der Waals surface area contributed by atoms with Crippen LogP contribution in [-0.4, -0.2) is 48.4 Å². The predicted molar refractivity (Wildman–Crippen MR) is 59.4 cm³/mol. The number of carboxylic acids is 1. The van der Waals surface area contributed by atoms with Crippen molar-refractivity contribution in [3.8, 4) is 0 Å². The minimum Gasteiger partial charge on any atom is -0.481 e. The second-order valence-corrected chi connectivity index (χ2v) is 4.93. The van der Waals surface area contributed by atoms with Gasteiger partial charge in [-0.3, -0.25) is 4.79 Å². The maximum absolute atomic E-state index is 10.4. The third-order valence-electron chi connectivity index (χ3n) is 1.59. The lowest BCUT2D eigenvalue weighted by Crippen LogP contribution is -2.34. The summed E-state index contributed by atoms with van der Waals surface area (Å²) in [7, 11) is 0. The summed E-state index contributed by atoms with van der Waals surface area (Å²) in [5.41, 5.74) is 0. The normalized spacial score (nSPS) is 21.4. The molecule has 1 N–H and O–H groups in total. The molecular weight excluding hydrogens is 244 g/mol. The molecule has 2 heterocycles. The molecule has 6 nitrogen and oxygen atoms in total. The first-order valence-corrected chi connectivity index (χ1v) is 6.07. The average molecular weight is 252 g/mol. The molecule has 9 heteroatoms. The van der Waals surface area contributed by atoms with Crippen LogP contribution < -0.4 is 0 Å². The molecule has 2 aliphatic heterocycles. The fourth-order valence-electron chi connectivity index (χ4n) is 1.05. The van der Waals surface area contributed by atoms with Crippen molar-refractivity contribution >= 4 is 47.7 Å². The number of hydrazine groups is 1. The van der Waals surface area contributed by atoms with Gasteiger partial charge in [-0.1, -0.05) is 11.8 Å². The first-order valence-electron chi connectivity index (χ1n) is 3.74. The van der Waals surface area contributed by atoms with E-state index in [1.165, 1.54) is 16.4 Å². The van der Waals surface area contributed by atoms with Gasteiger partial charge in [0.25, 0.3) is 0 Å². The van der Waals surface area contributed by atoms with Crippen molar-refractivity contribution in [1.82, 2.24) is 13.8 Å². The van der Waals surface area contributed by atoms with Crippen LogP contribution in [0.5, 0.6) is 0 Å². The fraction of sp³-hybridized carbons (Fsp3) is 0.600. The number of hydrazone groups is 1. The Morgan fingerprint density at radius 2 is 2.57 bits per heavy atom. The van der Waals surface area contributed by atoms with Crippen LogP contribution >= 0.6 is 36.5 Å². The number of thioether (sulfide) groups is 1. The topological polar surface area (TPSA) is 59.4 Å². The number of fused-ring (bicyclic) bond motifs is 1. The molecule has 0 aromatic heterocycles. The molecule has 1 fully saturated rings. The van der Waals surface area contributed by atoms with E-state index in [2.05, 4.69) is 17.9 Å². The van der Waals surface area contributed by atoms with Crippen LogP contribution in [0.15, 0.2) is 5.10 Å². The lowest BCUT2D eigenvalue weighted by Gasteiger charge is -2.23. The number of hydrogen-bond donors (Lipinski definition) is 2. The Kier molecular flexibility index (Phi) is 3.00. The van der Waals surface area contributed by atoms with Crippen molar-refractivity contribution in [1.29, 1.82) is 0 Å². The molecular formula is C5H8N4O2S3. The van der Waals surface area contributed by atoms with Crippen LogP contribution in [0, 0.1) is 0 Å². The summed E-state index contributed by atoms with van der Waals surface area (Å²) < 4.78 is 3.41. The summed E-state index contributed by atoms with van der Waals surface area (Å²) in [6.07, 6.45) is 0. The van der Waals surface area contributed by atoms with E-state index < -0.39 is 5.97 Å². The molecule has 0 spiro atoms. The van der Waals surface area contributed by atoms with E-state index in [0.29, 0.717) is 6.67 Å². The van der Waals surface area contributed by atoms with Crippen molar-refractivity contribution in [3.05, 3.63) is 0 Å². The van der Waals surface area contributed by atoms with Crippen LogP contribution in [0.1, 0.15) is 0 Å². The predicted octanol–water partition coefficient (Wildman–Crippen LogP) is 0.331. The molecule has 0 unspecified atom stereocenters. The van der Waals surface area contributed by atoms with Gasteiger partial charge in [0.1, 0.15) is 12.4 Å². The third-order valence-corrected chi connectivity index (χ3v) is 3.90. The van der Waals surface area contributed by atoms with E-state index in [4.69, 9.17) is 5.11 Å². The van der Waals surface area contributed by atoms with Crippen LogP contribution in [-0.2, 0) is 4.79 Å². The maximum Gasteiger partial charge on any atom is 0.314 e. The maximum atomic E-state index is 10.4. The first kappa shape index (κ1) is 10.3. The minimum atomic E-state index is -0.813. The summed E-state index contributed by atoms with van der Waals surface area (Å²) in [5, 5.41) is 15.4. The lowest BCUT2D eigenvalue weighted by molar-refractivity contribution is -0.133. The van der Waals surface area contributed by atoms with E-state index in [1.807, 2.05) is 9.42 Å². The number of nitrogens with zero attached hydrogens (tertiary/aromatic N) is 4. The van der Waals surface area contributed by atoms with Gasteiger partial charge in [0.2, 0.25) is 5.17 Å². The molecule has 14 heavy (non-hydrogen) atoms. The second kappa shape index (κ2) is 4.09. The van der Waals surface area contributed by atoms with Gasteiger partial charge in [0.15, 0.2) is 0 Å². The van der Waals surface area contributed by atoms with E-state index in [1.54, 1.807) is 11.8 Å². The molecule has 78 valence electrons. The number of rotatable bonds is 3. The summed E-state index contributed by atoms with van der Waals surface area (Å²) >= 11 is 6.93. The number of aliphatic carboxylic acids is 1. The smallest absolute Gasteiger partial charge is 0.314 e. The van der Waals surface area contributed by atoms with Crippen LogP contribution in [0.4, 0.5) is 0 Å². The molecule has 0 amide bonds. The Hall–Kier alpha value is -0.250. The first-order chi connectivity index (χ1) is 6.66. The van der Waals surface area contributed by atoms with E-state index in [9.17, 15) is 4.79 Å². The van der Waals surface area contributed by atoms with Gasteiger partial charge >= 0.3 is 5.97 Å². The number of carboxylic acid groups (broad SMARTS) is 1. The van der Waals surface area contributed by atoms with Gasteiger partial charge in [-0.2, -0.15) is 0 Å². The molecule has 0 aromatic carbocycles. The molecule has 0 saturated carbocycles. The molecule has 2 rings (SSSR count). The van der Waals surface area contributed by atoms with Crippen molar-refractivity contribution in [2.24, 2.45) is 5.10 Å². The van der Waals surface area contributed by atoms with Crippen molar-refractivity contribution in [2.45, 2.75) is 0 Å². The van der Waals surface area contributed by atoms with E-state index in [0.717, 1.165) is 11.0 Å². The molecule has 0 radical (unpaired) electrons. The van der Waals surface area contributed by atoms with Crippen molar-refractivity contribution < 1.29 is 9.90 Å². The highest BCUT2D eigenvalue weighted by Gasteiger charge is 2.34. The van der Waals surface area contributed by atoms with Crippen molar-refractivity contribution in [3.63, 3.8) is 0 Å². The van der Waals surface area contributed by atoms with Gasteiger partial charge in [-0.05, 0) is 24.8 Å². The van der Waals surface area contributed by atoms with Crippen LogP contribution in [0.25, 0.3) is 0 Å². The van der Waals surface area contributed by atoms with Gasteiger partial charge in [-0.25, -0.2) is 9.42 Å². The molecule has 0 bridgehead atoms.